The van der Waals surface area contributed by atoms with Crippen molar-refractivity contribution < 1.29 is 38.8 Å². The van der Waals surface area contributed by atoms with Gasteiger partial charge in [-0.15, -0.1) is 0 Å². The van der Waals surface area contributed by atoms with Gasteiger partial charge in [0.1, 0.15) is 29.3 Å². The highest BCUT2D eigenvalue weighted by Crippen LogP contribution is 2.31. The number of aliphatic hydroxyl groups excluding tert-OH is 2. The molecule has 1 heterocycles. The Bertz CT molecular complexity index is 813. The number of rotatable bonds is 1. The van der Waals surface area contributed by atoms with Crippen molar-refractivity contribution in [3.05, 3.63) is 41.5 Å². The van der Waals surface area contributed by atoms with Gasteiger partial charge in [0.15, 0.2) is 11.5 Å². The third kappa shape index (κ3) is 4.76. The van der Waals surface area contributed by atoms with Gasteiger partial charge < -0.3 is 24.8 Å². The van der Waals surface area contributed by atoms with Crippen LogP contribution in [0.3, 0.4) is 0 Å². The van der Waals surface area contributed by atoms with Gasteiger partial charge in [-0.05, 0) is 44.1 Å². The molecule has 0 fully saturated rings. The molecule has 0 saturated heterocycles. The number of aliphatic hydroxyl groups is 2. The molecule has 1 aromatic carbocycles. The van der Waals surface area contributed by atoms with E-state index in [1.54, 1.807) is 0 Å². The molecule has 1 aromatic rings. The first-order valence-corrected chi connectivity index (χ1v) is 8.63. The Balaban J connectivity index is 2.55. The maximum Gasteiger partial charge on any atom is 0.342 e. The molecule has 8 heteroatoms. The van der Waals surface area contributed by atoms with Crippen molar-refractivity contribution in [2.75, 3.05) is 7.11 Å². The second kappa shape index (κ2) is 8.53. The van der Waals surface area contributed by atoms with Crippen LogP contribution >= 0.6 is 0 Å². The standard InChI is InChI=1S/C20H23FO7/c1-11-20(2,21)8-7-15(23)18(25)14(22)6-4-5-12-9-13(27-3)10-16(24)17(12)19(26)28-11/h4-5,7-11,14,18,22,24-25H,6H2,1-3H3/b5-4+,8-7-/t11-,14-,18-,20+/m0/s1. The van der Waals surface area contributed by atoms with Crippen molar-refractivity contribution in [2.45, 2.75) is 44.2 Å². The van der Waals surface area contributed by atoms with E-state index >= 15 is 0 Å². The number of benzene rings is 1. The van der Waals surface area contributed by atoms with Crippen LogP contribution in [0.25, 0.3) is 6.08 Å². The molecule has 2 rings (SSSR count). The van der Waals surface area contributed by atoms with Crippen LogP contribution in [0.4, 0.5) is 4.39 Å². The predicted octanol–water partition coefficient (Wildman–Crippen LogP) is 1.94. The third-order valence-corrected chi connectivity index (χ3v) is 4.54. The van der Waals surface area contributed by atoms with Gasteiger partial charge in [0, 0.05) is 6.07 Å². The normalized spacial score (nSPS) is 31.3. The lowest BCUT2D eigenvalue weighted by atomic mass is 9.98. The van der Waals surface area contributed by atoms with Crippen LogP contribution in [-0.2, 0) is 9.53 Å². The molecule has 28 heavy (non-hydrogen) atoms. The molecular formula is C20H23FO7. The molecule has 0 radical (unpaired) electrons. The van der Waals surface area contributed by atoms with Gasteiger partial charge in [0.2, 0.25) is 0 Å². The lowest BCUT2D eigenvalue weighted by Crippen LogP contribution is -2.36. The number of hydrogen-bond acceptors (Lipinski definition) is 7. The van der Waals surface area contributed by atoms with Crippen molar-refractivity contribution in [1.29, 1.82) is 0 Å². The number of alkyl halides is 1. The smallest absolute Gasteiger partial charge is 0.342 e. The molecule has 0 bridgehead atoms. The summed E-state index contributed by atoms with van der Waals surface area (Å²) in [6, 6.07) is 2.67. The van der Waals surface area contributed by atoms with Gasteiger partial charge in [-0.1, -0.05) is 12.2 Å². The average Bonchev–Trinajstić information content (AvgIpc) is 2.63. The van der Waals surface area contributed by atoms with Crippen molar-refractivity contribution in [2.24, 2.45) is 0 Å². The Morgan fingerprint density at radius 3 is 2.57 bits per heavy atom. The van der Waals surface area contributed by atoms with Gasteiger partial charge in [0.25, 0.3) is 0 Å². The maximum absolute atomic E-state index is 14.8. The number of methoxy groups -OCH3 is 1. The summed E-state index contributed by atoms with van der Waals surface area (Å²) in [6.07, 6.45) is -0.123. The molecule has 4 atom stereocenters. The van der Waals surface area contributed by atoms with E-state index in [9.17, 15) is 29.3 Å². The lowest BCUT2D eigenvalue weighted by molar-refractivity contribution is -0.127. The van der Waals surface area contributed by atoms with Gasteiger partial charge in [-0.2, -0.15) is 0 Å². The Morgan fingerprint density at radius 2 is 1.93 bits per heavy atom. The van der Waals surface area contributed by atoms with Crippen LogP contribution in [0.2, 0.25) is 0 Å². The van der Waals surface area contributed by atoms with Crippen molar-refractivity contribution in [3.8, 4) is 11.5 Å². The predicted molar refractivity (Wildman–Crippen MR) is 98.9 cm³/mol. The number of phenols is 1. The molecule has 0 unspecified atom stereocenters. The average molecular weight is 394 g/mol. The molecular weight excluding hydrogens is 371 g/mol. The number of carbonyl (C=O) groups is 2. The molecule has 0 aromatic heterocycles. The molecule has 0 aliphatic carbocycles. The van der Waals surface area contributed by atoms with Gasteiger partial charge in [-0.3, -0.25) is 4.79 Å². The van der Waals surface area contributed by atoms with Crippen molar-refractivity contribution >= 4 is 17.8 Å². The van der Waals surface area contributed by atoms with E-state index in [-0.39, 0.29) is 23.3 Å². The fraction of sp³-hybridized carbons (Fsp3) is 0.400. The van der Waals surface area contributed by atoms with Crippen LogP contribution in [-0.4, -0.2) is 58.2 Å². The maximum atomic E-state index is 14.8. The Labute approximate surface area is 161 Å². The van der Waals surface area contributed by atoms with Crippen molar-refractivity contribution in [1.82, 2.24) is 0 Å². The number of aromatic hydroxyl groups is 1. The largest absolute Gasteiger partial charge is 0.507 e. The summed E-state index contributed by atoms with van der Waals surface area (Å²) in [7, 11) is 1.38. The highest BCUT2D eigenvalue weighted by Gasteiger charge is 2.34. The van der Waals surface area contributed by atoms with E-state index in [4.69, 9.17) is 9.47 Å². The Morgan fingerprint density at radius 1 is 1.25 bits per heavy atom. The van der Waals surface area contributed by atoms with Crippen molar-refractivity contribution in [3.63, 3.8) is 0 Å². The summed E-state index contributed by atoms with van der Waals surface area (Å²) >= 11 is 0. The second-order valence-corrected chi connectivity index (χ2v) is 6.70. The number of ether oxygens (including phenoxy) is 2. The zero-order valence-electron chi connectivity index (χ0n) is 15.8. The van der Waals surface area contributed by atoms with E-state index in [0.29, 0.717) is 0 Å². The van der Waals surface area contributed by atoms with Crippen LogP contribution in [0.15, 0.2) is 30.4 Å². The first-order valence-electron chi connectivity index (χ1n) is 8.63. The third-order valence-electron chi connectivity index (χ3n) is 4.54. The summed E-state index contributed by atoms with van der Waals surface area (Å²) < 4.78 is 25.1. The number of carbonyl (C=O) groups excluding carboxylic acids is 2. The number of phenolic OH excluding ortho intramolecular Hbond substituents is 1. The van der Waals surface area contributed by atoms with E-state index in [2.05, 4.69) is 0 Å². The van der Waals surface area contributed by atoms with Gasteiger partial charge >= 0.3 is 5.97 Å². The van der Waals surface area contributed by atoms with Crippen LogP contribution in [0, 0.1) is 0 Å². The summed E-state index contributed by atoms with van der Waals surface area (Å²) in [4.78, 5) is 24.5. The van der Waals surface area contributed by atoms with Crippen LogP contribution in [0.5, 0.6) is 11.5 Å². The zero-order valence-corrected chi connectivity index (χ0v) is 15.8. The number of esters is 1. The summed E-state index contributed by atoms with van der Waals surface area (Å²) in [6.45, 7) is 2.39. The SMILES string of the molecule is COc1cc(O)c2c(c1)/C=C/C[C@H](O)[C@H](O)C(=O)/C=C\[C@@](C)(F)[C@H](C)OC2=O. The highest BCUT2D eigenvalue weighted by atomic mass is 19.1. The number of halogens is 1. The summed E-state index contributed by atoms with van der Waals surface area (Å²) in [5, 5.41) is 30.1. The van der Waals surface area contributed by atoms with E-state index in [1.807, 2.05) is 0 Å². The number of fused-ring (bicyclic) bond motifs is 1. The molecule has 7 nitrogen and oxygen atoms in total. The molecule has 0 spiro atoms. The minimum atomic E-state index is -2.24. The second-order valence-electron chi connectivity index (χ2n) is 6.70. The van der Waals surface area contributed by atoms with Crippen LogP contribution in [0.1, 0.15) is 36.2 Å². The van der Waals surface area contributed by atoms with Gasteiger partial charge in [-0.25, -0.2) is 9.18 Å². The van der Waals surface area contributed by atoms with E-state index in [0.717, 1.165) is 19.1 Å². The highest BCUT2D eigenvalue weighted by molar-refractivity contribution is 5.97. The first-order chi connectivity index (χ1) is 13.1. The van der Waals surface area contributed by atoms with Gasteiger partial charge in [0.05, 0.1) is 13.2 Å². The van der Waals surface area contributed by atoms with E-state index in [1.165, 1.54) is 38.3 Å². The first kappa shape index (κ1) is 21.6. The zero-order chi connectivity index (χ0) is 21.1. The molecule has 1 aliphatic heterocycles. The topological polar surface area (TPSA) is 113 Å². The molecule has 152 valence electrons. The number of cyclic esters (lactones) is 1. The number of ketones is 1. The Hall–Kier alpha value is -2.71. The summed E-state index contributed by atoms with van der Waals surface area (Å²) in [5.41, 5.74) is -2.24. The fourth-order valence-corrected chi connectivity index (χ4v) is 2.56. The molecule has 3 N–H and O–H groups in total. The van der Waals surface area contributed by atoms with Crippen LogP contribution < -0.4 is 4.74 Å². The quantitative estimate of drug-likeness (QED) is 0.624. The van der Waals surface area contributed by atoms with E-state index < -0.39 is 41.5 Å². The molecule has 0 amide bonds. The summed E-state index contributed by atoms with van der Waals surface area (Å²) in [5.74, 6) is -2.00. The Kier molecular flexibility index (Phi) is 6.58. The minimum Gasteiger partial charge on any atom is -0.507 e. The number of hydrogen-bond donors (Lipinski definition) is 3. The molecule has 0 saturated carbocycles. The fourth-order valence-electron chi connectivity index (χ4n) is 2.56. The lowest BCUT2D eigenvalue weighted by Gasteiger charge is -2.25. The monoisotopic (exact) mass is 394 g/mol. The molecule has 1 aliphatic rings. The minimum absolute atomic E-state index is 0.128.